The molecule has 0 bridgehead atoms. The van der Waals surface area contributed by atoms with Crippen molar-refractivity contribution >= 4 is 93.7 Å². The van der Waals surface area contributed by atoms with Gasteiger partial charge in [0.05, 0.1) is 11.4 Å². The molecule has 254 valence electrons. The Morgan fingerprint density at radius 1 is 0.558 bits per heavy atom. The van der Waals surface area contributed by atoms with E-state index in [0.717, 1.165) is 43.4 Å². The van der Waals surface area contributed by atoms with Gasteiger partial charge in [0.15, 0.2) is 11.0 Å². The van der Waals surface area contributed by atoms with Gasteiger partial charge in [-0.2, -0.15) is 0 Å². The number of nitrogens with zero attached hydrogens (tertiary/aromatic N) is 4. The minimum Gasteiger partial charge on any atom is -0.355 e. The molecule has 0 radical (unpaired) electrons. The molecule has 0 saturated heterocycles. The van der Waals surface area contributed by atoms with E-state index < -0.39 is 11.0 Å². The highest BCUT2D eigenvalue weighted by molar-refractivity contribution is 8.01. The van der Waals surface area contributed by atoms with E-state index in [0.29, 0.717) is 33.1 Å². The van der Waals surface area contributed by atoms with Gasteiger partial charge in [-0.25, -0.2) is 9.98 Å². The smallest absolute Gasteiger partial charge is 0.280 e. The highest BCUT2D eigenvalue weighted by atomic mass is 35.5. The van der Waals surface area contributed by atoms with Gasteiger partial charge < -0.3 is 10.6 Å². The zero-order valence-corrected chi connectivity index (χ0v) is 30.2. The van der Waals surface area contributed by atoms with E-state index in [1.807, 2.05) is 84.9 Å². The SMILES string of the molecule is O=C1/C(=C/c2ccc(Cl)cc2)N=C(c2ccccc2)N1C1Nc2cc3c(cc2S1)NC(N1C(=O)/C(=C/c2ccc(Cl)cc2)N=C1c1ccccc1)S3. The van der Waals surface area contributed by atoms with Crippen LogP contribution in [0.4, 0.5) is 11.4 Å². The first-order valence-corrected chi connectivity index (χ1v) is 18.8. The second kappa shape index (κ2) is 13.4. The molecule has 4 heterocycles. The van der Waals surface area contributed by atoms with E-state index >= 15 is 0 Å². The summed E-state index contributed by atoms with van der Waals surface area (Å²) in [5, 5.41) is 8.39. The molecule has 0 spiro atoms. The molecule has 4 aliphatic rings. The molecular formula is C40H26Cl2N6O2S2. The third-order valence-electron chi connectivity index (χ3n) is 8.78. The van der Waals surface area contributed by atoms with Crippen molar-refractivity contribution in [3.63, 3.8) is 0 Å². The Morgan fingerprint density at radius 2 is 0.942 bits per heavy atom. The second-order valence-electron chi connectivity index (χ2n) is 12.2. The van der Waals surface area contributed by atoms with E-state index in [1.165, 1.54) is 0 Å². The number of rotatable bonds is 6. The van der Waals surface area contributed by atoms with Crippen LogP contribution in [0.15, 0.2) is 152 Å². The van der Waals surface area contributed by atoms with Crippen LogP contribution >= 0.6 is 46.7 Å². The summed E-state index contributed by atoms with van der Waals surface area (Å²) in [5.74, 6) is 0.752. The van der Waals surface area contributed by atoms with Crippen LogP contribution in [-0.4, -0.2) is 44.3 Å². The lowest BCUT2D eigenvalue weighted by Crippen LogP contribution is -2.42. The number of hydrogen-bond acceptors (Lipinski definition) is 8. The summed E-state index contributed by atoms with van der Waals surface area (Å²) >= 11 is 15.3. The van der Waals surface area contributed by atoms with Crippen LogP contribution in [0.3, 0.4) is 0 Å². The Hall–Kier alpha value is -5.26. The summed E-state index contributed by atoms with van der Waals surface area (Å²) in [5.41, 5.74) is 4.96. The number of hydrogen-bond donors (Lipinski definition) is 2. The predicted molar refractivity (Wildman–Crippen MR) is 211 cm³/mol. The zero-order chi connectivity index (χ0) is 35.3. The number of aliphatic imine (C=N–C) groups is 2. The molecular weight excluding hydrogens is 732 g/mol. The predicted octanol–water partition coefficient (Wildman–Crippen LogP) is 9.26. The average Bonchev–Trinajstić information content (AvgIpc) is 3.92. The molecule has 0 aliphatic carbocycles. The summed E-state index contributed by atoms with van der Waals surface area (Å²) in [6, 6.07) is 38.2. The van der Waals surface area contributed by atoms with Crippen molar-refractivity contribution in [1.82, 2.24) is 9.80 Å². The minimum absolute atomic E-state index is 0.200. The largest absolute Gasteiger partial charge is 0.355 e. The van der Waals surface area contributed by atoms with Crippen molar-refractivity contribution in [3.8, 4) is 0 Å². The van der Waals surface area contributed by atoms with Crippen molar-refractivity contribution in [2.45, 2.75) is 20.8 Å². The quantitative estimate of drug-likeness (QED) is 0.168. The topological polar surface area (TPSA) is 89.4 Å². The van der Waals surface area contributed by atoms with E-state index in [-0.39, 0.29) is 11.8 Å². The third-order valence-corrected chi connectivity index (χ3v) is 11.6. The average molecular weight is 758 g/mol. The summed E-state index contributed by atoms with van der Waals surface area (Å²) in [6.45, 7) is 0. The van der Waals surface area contributed by atoms with Gasteiger partial charge in [0.2, 0.25) is 0 Å². The van der Waals surface area contributed by atoms with Gasteiger partial charge in [-0.3, -0.25) is 19.4 Å². The molecule has 9 rings (SSSR count). The number of amides is 2. The molecule has 5 aromatic rings. The van der Waals surface area contributed by atoms with E-state index in [4.69, 9.17) is 33.2 Å². The Labute approximate surface area is 317 Å². The number of fused-ring (bicyclic) bond motifs is 2. The van der Waals surface area contributed by atoms with Crippen LogP contribution < -0.4 is 10.6 Å². The summed E-state index contributed by atoms with van der Waals surface area (Å²) < 4.78 is 0. The minimum atomic E-state index is -0.432. The zero-order valence-electron chi connectivity index (χ0n) is 27.0. The molecule has 2 atom stereocenters. The highest BCUT2D eigenvalue weighted by Crippen LogP contribution is 2.50. The first-order chi connectivity index (χ1) is 25.4. The number of carbonyl (C=O) groups is 2. The van der Waals surface area contributed by atoms with Crippen molar-refractivity contribution < 1.29 is 9.59 Å². The lowest BCUT2D eigenvalue weighted by atomic mass is 10.2. The maximum absolute atomic E-state index is 14.0. The number of anilines is 2. The van der Waals surface area contributed by atoms with Crippen LogP contribution in [0.5, 0.6) is 0 Å². The molecule has 2 N–H and O–H groups in total. The summed E-state index contributed by atoms with van der Waals surface area (Å²) in [7, 11) is 0. The van der Waals surface area contributed by atoms with E-state index in [2.05, 4.69) is 22.8 Å². The Morgan fingerprint density at radius 3 is 1.33 bits per heavy atom. The highest BCUT2D eigenvalue weighted by Gasteiger charge is 2.43. The van der Waals surface area contributed by atoms with Crippen LogP contribution in [0.1, 0.15) is 22.3 Å². The lowest BCUT2D eigenvalue weighted by Gasteiger charge is -2.25. The van der Waals surface area contributed by atoms with E-state index in [9.17, 15) is 9.59 Å². The van der Waals surface area contributed by atoms with Crippen molar-refractivity contribution in [3.05, 3.63) is 165 Å². The second-order valence-corrected chi connectivity index (χ2v) is 15.3. The number of nitrogens with one attached hydrogen (secondary N) is 2. The van der Waals surface area contributed by atoms with Gasteiger partial charge in [-0.15, -0.1) is 0 Å². The molecule has 5 aromatic carbocycles. The molecule has 2 unspecified atom stereocenters. The maximum atomic E-state index is 14.0. The van der Waals surface area contributed by atoms with Gasteiger partial charge in [0.1, 0.15) is 23.1 Å². The first kappa shape index (κ1) is 32.6. The van der Waals surface area contributed by atoms with Gasteiger partial charge >= 0.3 is 0 Å². The monoisotopic (exact) mass is 756 g/mol. The van der Waals surface area contributed by atoms with Gasteiger partial charge in [-0.1, -0.05) is 132 Å². The number of thioether (sulfide) groups is 2. The number of amidine groups is 2. The molecule has 0 aromatic heterocycles. The lowest BCUT2D eigenvalue weighted by molar-refractivity contribution is -0.123. The van der Waals surface area contributed by atoms with Crippen LogP contribution in [0.2, 0.25) is 10.0 Å². The molecule has 52 heavy (non-hydrogen) atoms. The fraction of sp³-hybridized carbons (Fsp3) is 0.0500. The van der Waals surface area contributed by atoms with Gasteiger partial charge in [0, 0.05) is 31.0 Å². The molecule has 0 fully saturated rings. The molecule has 4 aliphatic heterocycles. The normalized spacial score (nSPS) is 20.6. The fourth-order valence-electron chi connectivity index (χ4n) is 6.29. The number of halogens is 2. The van der Waals surface area contributed by atoms with Crippen molar-refractivity contribution in [2.75, 3.05) is 10.6 Å². The Bertz CT molecular complexity index is 2180. The number of benzene rings is 5. The molecule has 8 nitrogen and oxygen atoms in total. The Balaban J connectivity index is 0.983. The van der Waals surface area contributed by atoms with E-state index in [1.54, 1.807) is 69.7 Å². The molecule has 12 heteroatoms. The third kappa shape index (κ3) is 6.07. The maximum Gasteiger partial charge on any atom is 0.280 e. The fourth-order valence-corrected chi connectivity index (χ4v) is 8.86. The van der Waals surface area contributed by atoms with Gasteiger partial charge in [0.25, 0.3) is 11.8 Å². The van der Waals surface area contributed by atoms with Gasteiger partial charge in [-0.05, 0) is 59.7 Å². The van der Waals surface area contributed by atoms with Crippen LogP contribution in [-0.2, 0) is 9.59 Å². The van der Waals surface area contributed by atoms with Crippen molar-refractivity contribution in [2.24, 2.45) is 9.98 Å². The first-order valence-electron chi connectivity index (χ1n) is 16.3. The molecule has 2 amide bonds. The summed E-state index contributed by atoms with van der Waals surface area (Å²) in [4.78, 5) is 43.1. The van der Waals surface area contributed by atoms with Crippen LogP contribution in [0.25, 0.3) is 12.2 Å². The summed E-state index contributed by atoms with van der Waals surface area (Å²) in [6.07, 6.45) is 3.57. The Kier molecular flexibility index (Phi) is 8.39. The standard InChI is InChI=1S/C40H26Cl2N6O2S2/c41-27-15-11-23(12-16-27)19-31-37(49)47(35(43-31)25-7-3-1-4-8-25)39-45-29-21-34-30(22-33(29)51-39)46-40(52-34)48-36(26-9-5-2-6-10-26)44-32(38(48)50)20-24-13-17-28(42)18-14-24/h1-22,39-40,45-46H/b31-19-,32-20-. The molecule has 0 saturated carbocycles. The van der Waals surface area contributed by atoms with Crippen LogP contribution in [0, 0.1) is 0 Å². The van der Waals surface area contributed by atoms with Crippen molar-refractivity contribution in [1.29, 1.82) is 0 Å². The number of carbonyl (C=O) groups excluding carboxylic acids is 2.